The Morgan fingerprint density at radius 1 is 1.04 bits per heavy atom. The van der Waals surface area contributed by atoms with Gasteiger partial charge in [-0.15, -0.1) is 0 Å². The molecule has 0 aliphatic heterocycles. The van der Waals surface area contributed by atoms with Crippen LogP contribution in [0.15, 0.2) is 78.1 Å². The van der Waals surface area contributed by atoms with Gasteiger partial charge in [-0.3, -0.25) is 14.0 Å². The van der Waals surface area contributed by atoms with Crippen LogP contribution in [-0.2, 0) is 6.42 Å². The molecule has 4 aromatic rings. The molecule has 7 nitrogen and oxygen atoms in total. The molecule has 1 N–H and O–H groups in total. The van der Waals surface area contributed by atoms with Gasteiger partial charge >= 0.3 is 0 Å². The van der Waals surface area contributed by atoms with Crippen molar-refractivity contribution in [2.45, 2.75) is 6.42 Å². The zero-order valence-corrected chi connectivity index (χ0v) is 14.4. The van der Waals surface area contributed by atoms with Gasteiger partial charge in [0, 0.05) is 25.1 Å². The van der Waals surface area contributed by atoms with Gasteiger partial charge in [0.15, 0.2) is 0 Å². The summed E-state index contributed by atoms with van der Waals surface area (Å²) in [6.45, 7) is 0.399. The van der Waals surface area contributed by atoms with E-state index in [0.29, 0.717) is 18.6 Å². The number of nitrogens with one attached hydrogen (secondary N) is 1. The van der Waals surface area contributed by atoms with Gasteiger partial charge in [0.25, 0.3) is 11.5 Å². The van der Waals surface area contributed by atoms with Crippen molar-refractivity contribution in [1.82, 2.24) is 24.5 Å². The second-order valence-corrected chi connectivity index (χ2v) is 6.04. The molecule has 7 heteroatoms. The van der Waals surface area contributed by atoms with Crippen LogP contribution in [0.4, 0.5) is 0 Å². The van der Waals surface area contributed by atoms with Gasteiger partial charge in [0.2, 0.25) is 0 Å². The van der Waals surface area contributed by atoms with E-state index in [1.165, 1.54) is 10.6 Å². The number of aromatic nitrogens is 4. The number of amides is 1. The normalized spacial score (nSPS) is 10.8. The Balaban J connectivity index is 1.41. The number of fused-ring (bicyclic) bond motifs is 1. The molecule has 0 atom stereocenters. The Morgan fingerprint density at radius 3 is 2.70 bits per heavy atom. The maximum Gasteiger partial charge on any atom is 0.270 e. The lowest BCUT2D eigenvalue weighted by Gasteiger charge is -2.05. The lowest BCUT2D eigenvalue weighted by atomic mass is 10.2. The molecule has 134 valence electrons. The van der Waals surface area contributed by atoms with E-state index in [2.05, 4.69) is 15.4 Å². The van der Waals surface area contributed by atoms with Crippen LogP contribution in [0.25, 0.3) is 11.3 Å². The predicted molar refractivity (Wildman–Crippen MR) is 101 cm³/mol. The van der Waals surface area contributed by atoms with Crippen LogP contribution in [0.3, 0.4) is 0 Å². The first-order valence-electron chi connectivity index (χ1n) is 8.56. The average Bonchev–Trinajstić information content (AvgIpc) is 3.18. The molecule has 0 spiro atoms. The van der Waals surface area contributed by atoms with Crippen LogP contribution < -0.4 is 10.9 Å². The van der Waals surface area contributed by atoms with E-state index < -0.39 is 5.91 Å². The van der Waals surface area contributed by atoms with Gasteiger partial charge in [-0.05, 0) is 36.2 Å². The second kappa shape index (κ2) is 7.25. The summed E-state index contributed by atoms with van der Waals surface area (Å²) in [5.74, 6) is -0.429. The van der Waals surface area contributed by atoms with Crippen molar-refractivity contribution in [2.75, 3.05) is 6.54 Å². The van der Waals surface area contributed by atoms with Crippen molar-refractivity contribution in [2.24, 2.45) is 0 Å². The number of para-hydroxylation sites is 1. The number of hydrogen-bond donors (Lipinski definition) is 1. The number of benzene rings is 1. The number of carbonyl (C=O) groups excluding carboxylic acids is 1. The van der Waals surface area contributed by atoms with Gasteiger partial charge in [0.05, 0.1) is 11.9 Å². The van der Waals surface area contributed by atoms with E-state index in [9.17, 15) is 9.59 Å². The summed E-state index contributed by atoms with van der Waals surface area (Å²) < 4.78 is 3.15. The van der Waals surface area contributed by atoms with E-state index in [1.807, 2.05) is 36.5 Å². The van der Waals surface area contributed by atoms with Crippen molar-refractivity contribution in [3.05, 3.63) is 94.8 Å². The average molecular weight is 359 g/mol. The number of carbonyl (C=O) groups is 1. The zero-order valence-electron chi connectivity index (χ0n) is 14.4. The Labute approximate surface area is 154 Å². The molecule has 3 heterocycles. The van der Waals surface area contributed by atoms with Crippen molar-refractivity contribution < 1.29 is 4.79 Å². The molecule has 0 saturated carbocycles. The largest absolute Gasteiger partial charge is 0.351 e. The molecule has 3 aromatic heterocycles. The maximum absolute atomic E-state index is 12.4. The van der Waals surface area contributed by atoms with Crippen molar-refractivity contribution in [1.29, 1.82) is 0 Å². The summed E-state index contributed by atoms with van der Waals surface area (Å²) in [7, 11) is 0. The van der Waals surface area contributed by atoms with E-state index in [4.69, 9.17) is 0 Å². The highest BCUT2D eigenvalue weighted by Gasteiger charge is 2.12. The molecule has 0 radical (unpaired) electrons. The molecule has 0 fully saturated rings. The summed E-state index contributed by atoms with van der Waals surface area (Å²) in [5.41, 5.74) is 2.12. The first kappa shape index (κ1) is 16.7. The topological polar surface area (TPSA) is 81.3 Å². The van der Waals surface area contributed by atoms with Crippen molar-refractivity contribution in [3.63, 3.8) is 0 Å². The first-order valence-corrected chi connectivity index (χ1v) is 8.56. The standard InChI is InChI=1S/C20H17N5O2/c26-19(17-13-22-18-8-4-5-11-24(18)20(17)27)21-10-9-15-12-23-25(14-15)16-6-2-1-3-7-16/h1-8,11-14H,9-10H2,(H,21,26). The highest BCUT2D eigenvalue weighted by molar-refractivity contribution is 5.93. The Bertz CT molecular complexity index is 1150. The van der Waals surface area contributed by atoms with Crippen LogP contribution in [0.5, 0.6) is 0 Å². The van der Waals surface area contributed by atoms with E-state index >= 15 is 0 Å². The Hall–Kier alpha value is -3.74. The Morgan fingerprint density at radius 2 is 1.85 bits per heavy atom. The lowest BCUT2D eigenvalue weighted by molar-refractivity contribution is 0.0952. The maximum atomic E-state index is 12.4. The molecule has 27 heavy (non-hydrogen) atoms. The van der Waals surface area contributed by atoms with Crippen LogP contribution in [-0.4, -0.2) is 31.6 Å². The predicted octanol–water partition coefficient (Wildman–Crippen LogP) is 1.85. The van der Waals surface area contributed by atoms with Crippen LogP contribution in [0, 0.1) is 0 Å². The third-order valence-electron chi connectivity index (χ3n) is 4.21. The monoisotopic (exact) mass is 359 g/mol. The molecule has 0 saturated heterocycles. The molecule has 1 amide bonds. The van der Waals surface area contributed by atoms with Crippen LogP contribution in [0.2, 0.25) is 0 Å². The number of rotatable bonds is 5. The molecule has 0 bridgehead atoms. The molecule has 0 unspecified atom stereocenters. The zero-order chi connectivity index (χ0) is 18.6. The fourth-order valence-corrected chi connectivity index (χ4v) is 2.81. The van der Waals surface area contributed by atoms with Crippen LogP contribution >= 0.6 is 0 Å². The summed E-state index contributed by atoms with van der Waals surface area (Å²) in [5, 5.41) is 7.10. The molecule has 0 aliphatic carbocycles. The minimum atomic E-state index is -0.429. The van der Waals surface area contributed by atoms with Gasteiger partial charge in [-0.25, -0.2) is 9.67 Å². The quantitative estimate of drug-likeness (QED) is 0.590. The summed E-state index contributed by atoms with van der Waals surface area (Å²) in [6.07, 6.45) is 7.22. The fourth-order valence-electron chi connectivity index (χ4n) is 2.81. The van der Waals surface area contributed by atoms with Gasteiger partial charge < -0.3 is 5.32 Å². The fraction of sp³-hybridized carbons (Fsp3) is 0.100. The van der Waals surface area contributed by atoms with Gasteiger partial charge in [-0.2, -0.15) is 5.10 Å². The smallest absolute Gasteiger partial charge is 0.270 e. The lowest BCUT2D eigenvalue weighted by Crippen LogP contribution is -2.32. The molecule has 1 aromatic carbocycles. The Kier molecular flexibility index (Phi) is 4.49. The third-order valence-corrected chi connectivity index (χ3v) is 4.21. The number of hydrogen-bond acceptors (Lipinski definition) is 4. The van der Waals surface area contributed by atoms with Gasteiger partial charge in [0.1, 0.15) is 11.2 Å². The molecular weight excluding hydrogens is 342 g/mol. The van der Waals surface area contributed by atoms with E-state index in [0.717, 1.165) is 11.3 Å². The van der Waals surface area contributed by atoms with Crippen molar-refractivity contribution >= 4 is 11.6 Å². The third kappa shape index (κ3) is 3.48. The molecular formula is C20H17N5O2. The minimum Gasteiger partial charge on any atom is -0.351 e. The van der Waals surface area contributed by atoms with E-state index in [-0.39, 0.29) is 11.1 Å². The molecule has 0 aliphatic rings. The first-order chi connectivity index (χ1) is 13.2. The number of nitrogens with zero attached hydrogens (tertiary/aromatic N) is 4. The van der Waals surface area contributed by atoms with Crippen molar-refractivity contribution in [3.8, 4) is 5.69 Å². The highest BCUT2D eigenvalue weighted by atomic mass is 16.2. The van der Waals surface area contributed by atoms with Crippen LogP contribution in [0.1, 0.15) is 15.9 Å². The minimum absolute atomic E-state index is 0.0266. The second-order valence-electron chi connectivity index (χ2n) is 6.04. The summed E-state index contributed by atoms with van der Waals surface area (Å²) in [6, 6.07) is 15.0. The number of pyridine rings is 1. The SMILES string of the molecule is O=C(NCCc1cnn(-c2ccccc2)c1)c1cnc2ccccn2c1=O. The van der Waals surface area contributed by atoms with E-state index in [1.54, 1.807) is 35.3 Å². The summed E-state index contributed by atoms with van der Waals surface area (Å²) >= 11 is 0. The van der Waals surface area contributed by atoms with Gasteiger partial charge in [-0.1, -0.05) is 24.3 Å². The summed E-state index contributed by atoms with van der Waals surface area (Å²) in [4.78, 5) is 28.9. The highest BCUT2D eigenvalue weighted by Crippen LogP contribution is 2.07. The molecule has 4 rings (SSSR count).